The predicted molar refractivity (Wildman–Crippen MR) is 128 cm³/mol. The van der Waals surface area contributed by atoms with Crippen LogP contribution < -0.4 is 14.2 Å². The fraction of sp³-hybridized carbons (Fsp3) is 0.125. The van der Waals surface area contributed by atoms with Crippen molar-refractivity contribution in [1.82, 2.24) is 19.6 Å². The normalized spacial score (nSPS) is 11.6. The lowest BCUT2D eigenvalue weighted by molar-refractivity contribution is 0.413. The molecule has 0 amide bonds. The van der Waals surface area contributed by atoms with Crippen LogP contribution in [0.2, 0.25) is 0 Å². The molecule has 0 unspecified atom stereocenters. The van der Waals surface area contributed by atoms with Crippen molar-refractivity contribution in [3.8, 4) is 17.4 Å². The molecular weight excluding hydrogens is 454 g/mol. The zero-order chi connectivity index (χ0) is 23.7. The second-order valence-electron chi connectivity index (χ2n) is 7.45. The van der Waals surface area contributed by atoms with Crippen molar-refractivity contribution >= 4 is 32.4 Å². The summed E-state index contributed by atoms with van der Waals surface area (Å²) in [5.41, 5.74) is 2.44. The molecular formula is C24H21N5O4S. The maximum Gasteiger partial charge on any atom is 0.266 e. The van der Waals surface area contributed by atoms with Crippen LogP contribution in [0.5, 0.6) is 17.4 Å². The number of para-hydroxylation sites is 2. The van der Waals surface area contributed by atoms with Gasteiger partial charge in [-0.1, -0.05) is 31.2 Å². The quantitative estimate of drug-likeness (QED) is 0.371. The molecule has 3 aromatic carbocycles. The van der Waals surface area contributed by atoms with Gasteiger partial charge in [-0.15, -0.1) is 10.2 Å². The van der Waals surface area contributed by atoms with E-state index in [1.807, 2.05) is 35.6 Å². The topological polar surface area (TPSA) is 108 Å². The van der Waals surface area contributed by atoms with E-state index < -0.39 is 10.0 Å². The molecule has 0 atom stereocenters. The summed E-state index contributed by atoms with van der Waals surface area (Å²) in [5, 5.41) is 8.55. The van der Waals surface area contributed by atoms with Gasteiger partial charge in [0.1, 0.15) is 17.3 Å². The first-order chi connectivity index (χ1) is 16.5. The second-order valence-corrected chi connectivity index (χ2v) is 9.13. The second kappa shape index (κ2) is 8.64. The third-order valence-corrected chi connectivity index (χ3v) is 6.61. The van der Waals surface area contributed by atoms with Crippen molar-refractivity contribution in [1.29, 1.82) is 0 Å². The number of sulfonamides is 1. The number of ether oxygens (including phenoxy) is 2. The molecule has 0 fully saturated rings. The van der Waals surface area contributed by atoms with Gasteiger partial charge in [-0.2, -0.15) is 0 Å². The highest BCUT2D eigenvalue weighted by atomic mass is 32.2. The summed E-state index contributed by atoms with van der Waals surface area (Å²) < 4.78 is 41.4. The molecule has 5 aromatic rings. The molecule has 0 aliphatic rings. The van der Waals surface area contributed by atoms with E-state index in [1.54, 1.807) is 36.4 Å². The first-order valence-corrected chi connectivity index (χ1v) is 12.0. The van der Waals surface area contributed by atoms with E-state index in [-0.39, 0.29) is 10.8 Å². The molecule has 2 heterocycles. The number of aryl methyl sites for hydroxylation is 1. The molecule has 0 radical (unpaired) electrons. The lowest BCUT2D eigenvalue weighted by Gasteiger charge is -2.12. The highest BCUT2D eigenvalue weighted by molar-refractivity contribution is 7.92. The van der Waals surface area contributed by atoms with Crippen molar-refractivity contribution < 1.29 is 17.9 Å². The molecule has 0 spiro atoms. The maximum atomic E-state index is 12.9. The number of hydrogen-bond donors (Lipinski definition) is 1. The van der Waals surface area contributed by atoms with Crippen LogP contribution in [0, 0.1) is 0 Å². The van der Waals surface area contributed by atoms with E-state index >= 15 is 0 Å². The fourth-order valence-electron chi connectivity index (χ4n) is 3.63. The molecule has 5 rings (SSSR count). The number of rotatable bonds is 7. The number of nitrogens with zero attached hydrogens (tertiary/aromatic N) is 4. The van der Waals surface area contributed by atoms with Crippen LogP contribution in [0.1, 0.15) is 12.7 Å². The van der Waals surface area contributed by atoms with Crippen molar-refractivity contribution in [2.75, 3.05) is 11.8 Å². The third kappa shape index (κ3) is 3.99. The van der Waals surface area contributed by atoms with E-state index in [0.29, 0.717) is 29.3 Å². The smallest absolute Gasteiger partial charge is 0.266 e. The predicted octanol–water partition coefficient (Wildman–Crippen LogP) is 4.44. The summed E-state index contributed by atoms with van der Waals surface area (Å²) in [7, 11) is -2.34. The van der Waals surface area contributed by atoms with Gasteiger partial charge >= 0.3 is 0 Å². The maximum absolute atomic E-state index is 12.9. The molecule has 1 N–H and O–H groups in total. The van der Waals surface area contributed by atoms with Crippen LogP contribution in [0.4, 0.5) is 5.69 Å². The Morgan fingerprint density at radius 2 is 1.74 bits per heavy atom. The third-order valence-electron chi connectivity index (χ3n) is 5.23. The van der Waals surface area contributed by atoms with Gasteiger partial charge in [0.2, 0.25) is 5.65 Å². The Balaban J connectivity index is 1.49. The zero-order valence-corrected chi connectivity index (χ0v) is 19.3. The van der Waals surface area contributed by atoms with Gasteiger partial charge in [-0.05, 0) is 36.4 Å². The van der Waals surface area contributed by atoms with Gasteiger partial charge in [-0.25, -0.2) is 13.4 Å². The Morgan fingerprint density at radius 1 is 0.941 bits per heavy atom. The van der Waals surface area contributed by atoms with Gasteiger partial charge in [0.15, 0.2) is 0 Å². The van der Waals surface area contributed by atoms with Crippen LogP contribution in [0.25, 0.3) is 16.7 Å². The number of benzene rings is 3. The molecule has 10 heteroatoms. The van der Waals surface area contributed by atoms with Crippen molar-refractivity contribution in [3.63, 3.8) is 0 Å². The highest BCUT2D eigenvalue weighted by Crippen LogP contribution is 2.30. The number of nitrogens with one attached hydrogen (secondary N) is 1. The van der Waals surface area contributed by atoms with E-state index in [0.717, 1.165) is 16.9 Å². The average molecular weight is 476 g/mol. The van der Waals surface area contributed by atoms with E-state index in [2.05, 4.69) is 19.9 Å². The largest absolute Gasteiger partial charge is 0.497 e. The molecule has 0 aliphatic heterocycles. The summed E-state index contributed by atoms with van der Waals surface area (Å²) >= 11 is 0. The molecule has 0 aliphatic carbocycles. The van der Waals surface area contributed by atoms with Crippen LogP contribution in [-0.4, -0.2) is 35.1 Å². The number of hydrogen-bond acceptors (Lipinski definition) is 7. The number of fused-ring (bicyclic) bond motifs is 3. The SMILES string of the molecule is CCc1nnc2c(Oc3cccc(NS(=O)(=O)c4cccc(OC)c4)c3)nc3ccccc3n12. The van der Waals surface area contributed by atoms with Crippen molar-refractivity contribution in [2.45, 2.75) is 18.2 Å². The van der Waals surface area contributed by atoms with E-state index in [9.17, 15) is 8.42 Å². The number of aromatic nitrogens is 4. The summed E-state index contributed by atoms with van der Waals surface area (Å²) in [5.74, 6) is 1.92. The van der Waals surface area contributed by atoms with Crippen molar-refractivity contribution in [2.24, 2.45) is 0 Å². The Hall–Kier alpha value is -4.18. The molecule has 34 heavy (non-hydrogen) atoms. The molecule has 0 saturated carbocycles. The Morgan fingerprint density at radius 3 is 2.56 bits per heavy atom. The number of anilines is 1. The highest BCUT2D eigenvalue weighted by Gasteiger charge is 2.18. The lowest BCUT2D eigenvalue weighted by Crippen LogP contribution is -2.13. The van der Waals surface area contributed by atoms with Gasteiger partial charge in [0.05, 0.1) is 28.7 Å². The zero-order valence-electron chi connectivity index (χ0n) is 18.5. The Labute approximate surface area is 196 Å². The average Bonchev–Trinajstić information content (AvgIpc) is 3.29. The minimum atomic E-state index is -3.83. The summed E-state index contributed by atoms with van der Waals surface area (Å²) in [6, 6.07) is 20.6. The molecule has 2 aromatic heterocycles. The number of methoxy groups -OCH3 is 1. The van der Waals surface area contributed by atoms with Gasteiger partial charge in [0, 0.05) is 18.6 Å². The molecule has 9 nitrogen and oxygen atoms in total. The summed E-state index contributed by atoms with van der Waals surface area (Å²) in [6.07, 6.45) is 0.691. The summed E-state index contributed by atoms with van der Waals surface area (Å²) in [4.78, 5) is 4.71. The van der Waals surface area contributed by atoms with E-state index in [4.69, 9.17) is 9.47 Å². The molecule has 172 valence electrons. The van der Waals surface area contributed by atoms with Crippen LogP contribution in [0.3, 0.4) is 0 Å². The van der Waals surface area contributed by atoms with Gasteiger partial charge in [-0.3, -0.25) is 9.12 Å². The fourth-order valence-corrected chi connectivity index (χ4v) is 4.71. The van der Waals surface area contributed by atoms with Gasteiger partial charge < -0.3 is 9.47 Å². The van der Waals surface area contributed by atoms with Crippen molar-refractivity contribution in [3.05, 3.63) is 78.6 Å². The first kappa shape index (κ1) is 21.7. The van der Waals surface area contributed by atoms with Gasteiger partial charge in [0.25, 0.3) is 15.9 Å². The Kier molecular flexibility index (Phi) is 5.50. The first-order valence-electron chi connectivity index (χ1n) is 10.6. The summed E-state index contributed by atoms with van der Waals surface area (Å²) in [6.45, 7) is 2.00. The lowest BCUT2D eigenvalue weighted by atomic mass is 10.3. The van der Waals surface area contributed by atoms with Crippen LogP contribution >= 0.6 is 0 Å². The van der Waals surface area contributed by atoms with Crippen LogP contribution in [-0.2, 0) is 16.4 Å². The minimum absolute atomic E-state index is 0.0895. The van der Waals surface area contributed by atoms with Crippen LogP contribution in [0.15, 0.2) is 77.7 Å². The monoisotopic (exact) mass is 475 g/mol. The Bertz CT molecular complexity index is 1610. The standard InChI is InChI=1S/C24H21N5O4S/c1-3-22-26-27-23-24(25-20-12-4-5-13-21(20)29(22)23)33-18-10-6-8-16(14-18)28-34(30,31)19-11-7-9-17(15-19)32-2/h4-15,28H,3H2,1-2H3. The molecule has 0 saturated heterocycles. The minimum Gasteiger partial charge on any atom is -0.497 e. The molecule has 0 bridgehead atoms. The van der Waals surface area contributed by atoms with E-state index in [1.165, 1.54) is 19.2 Å².